The molecule has 1 heterocycles. The molecular formula is C41H69N5O8. The zero-order valence-electron chi connectivity index (χ0n) is 34.6. The third kappa shape index (κ3) is 12.8. The van der Waals surface area contributed by atoms with Gasteiger partial charge in [0.25, 0.3) is 0 Å². The summed E-state index contributed by atoms with van der Waals surface area (Å²) in [5.41, 5.74) is 0.980. The Kier molecular flexibility index (Phi) is 19.6. The predicted octanol–water partition coefficient (Wildman–Crippen LogP) is 3.88. The minimum Gasteiger partial charge on any atom is -0.480 e. The summed E-state index contributed by atoms with van der Waals surface area (Å²) in [6.45, 7) is 13.9. The van der Waals surface area contributed by atoms with Gasteiger partial charge in [0.05, 0.1) is 42.7 Å². The van der Waals surface area contributed by atoms with E-state index in [1.54, 1.807) is 37.9 Å². The average Bonchev–Trinajstić information content (AvgIpc) is 3.15. The fourth-order valence-corrected chi connectivity index (χ4v) is 7.73. The number of nitrogens with one attached hydrogen (secondary N) is 3. The molecule has 54 heavy (non-hydrogen) atoms. The number of rotatable bonds is 22. The lowest BCUT2D eigenvalue weighted by atomic mass is 9.87. The third-order valence-corrected chi connectivity index (χ3v) is 11.2. The van der Waals surface area contributed by atoms with E-state index in [1.807, 2.05) is 71.9 Å². The largest absolute Gasteiger partial charge is 0.480 e. The molecule has 306 valence electrons. The smallest absolute Gasteiger partial charge is 0.326 e. The maximum atomic E-state index is 14.3. The Morgan fingerprint density at radius 1 is 0.907 bits per heavy atom. The molecule has 0 unspecified atom stereocenters. The van der Waals surface area contributed by atoms with Gasteiger partial charge < -0.3 is 40.3 Å². The Hall–Kier alpha value is -3.55. The molecule has 1 fully saturated rings. The maximum Gasteiger partial charge on any atom is 0.326 e. The van der Waals surface area contributed by atoms with Crippen molar-refractivity contribution in [2.45, 2.75) is 136 Å². The number of methoxy groups -OCH3 is 2. The van der Waals surface area contributed by atoms with Crippen LogP contribution < -0.4 is 16.0 Å². The van der Waals surface area contributed by atoms with Crippen LogP contribution in [0, 0.1) is 23.7 Å². The fourth-order valence-electron chi connectivity index (χ4n) is 7.73. The highest BCUT2D eigenvalue weighted by atomic mass is 16.5. The maximum absolute atomic E-state index is 14.3. The number of aryl methyl sites for hydroxylation is 1. The zero-order valence-corrected chi connectivity index (χ0v) is 34.6. The number of aliphatic carboxylic acids is 1. The number of likely N-dealkylation sites (tertiary alicyclic amines) is 1. The summed E-state index contributed by atoms with van der Waals surface area (Å²) in [6.07, 6.45) is 2.33. The first-order valence-electron chi connectivity index (χ1n) is 19.7. The van der Waals surface area contributed by atoms with Gasteiger partial charge in [-0.1, -0.05) is 85.2 Å². The van der Waals surface area contributed by atoms with Crippen LogP contribution in [0.2, 0.25) is 0 Å². The first-order chi connectivity index (χ1) is 25.5. The van der Waals surface area contributed by atoms with Gasteiger partial charge in [0.2, 0.25) is 23.6 Å². The number of piperidine rings is 1. The molecule has 0 saturated carbocycles. The van der Waals surface area contributed by atoms with Gasteiger partial charge in [0, 0.05) is 27.8 Å². The molecule has 13 heteroatoms. The summed E-state index contributed by atoms with van der Waals surface area (Å²) in [6, 6.07) is 6.30. The number of carbonyl (C=O) groups excluding carboxylic acids is 4. The number of ether oxygens (including phenoxy) is 2. The van der Waals surface area contributed by atoms with E-state index in [4.69, 9.17) is 9.47 Å². The Morgan fingerprint density at radius 3 is 2.06 bits per heavy atom. The summed E-state index contributed by atoms with van der Waals surface area (Å²) in [5.74, 6) is -3.20. The van der Waals surface area contributed by atoms with Gasteiger partial charge in [-0.15, -0.1) is 0 Å². The normalized spacial score (nSPS) is 19.2. The van der Waals surface area contributed by atoms with Crippen molar-refractivity contribution in [1.82, 2.24) is 25.8 Å². The Balaban J connectivity index is 2.28. The van der Waals surface area contributed by atoms with Crippen molar-refractivity contribution in [2.75, 3.05) is 34.9 Å². The second kappa shape index (κ2) is 22.7. The van der Waals surface area contributed by atoms with Crippen LogP contribution in [0.15, 0.2) is 30.3 Å². The van der Waals surface area contributed by atoms with Crippen LogP contribution in [0.25, 0.3) is 0 Å². The first kappa shape index (κ1) is 46.6. The molecule has 9 atom stereocenters. The van der Waals surface area contributed by atoms with E-state index in [9.17, 15) is 29.1 Å². The van der Waals surface area contributed by atoms with Crippen LogP contribution >= 0.6 is 0 Å². The first-order valence-corrected chi connectivity index (χ1v) is 19.7. The van der Waals surface area contributed by atoms with E-state index in [0.29, 0.717) is 19.4 Å². The molecule has 2 rings (SSSR count). The highest BCUT2D eigenvalue weighted by Crippen LogP contribution is 2.29. The van der Waals surface area contributed by atoms with Crippen LogP contribution in [-0.2, 0) is 39.9 Å². The number of nitrogens with zero attached hydrogens (tertiary/aromatic N) is 2. The predicted molar refractivity (Wildman–Crippen MR) is 210 cm³/mol. The number of likely N-dealkylation sites (N-methyl/N-ethyl adjacent to an activating group) is 2. The van der Waals surface area contributed by atoms with Gasteiger partial charge in [0.1, 0.15) is 12.1 Å². The van der Waals surface area contributed by atoms with E-state index >= 15 is 0 Å². The molecule has 0 spiro atoms. The van der Waals surface area contributed by atoms with Crippen LogP contribution in [0.5, 0.6) is 0 Å². The Morgan fingerprint density at radius 2 is 1.54 bits per heavy atom. The van der Waals surface area contributed by atoms with E-state index in [2.05, 4.69) is 16.0 Å². The van der Waals surface area contributed by atoms with Crippen molar-refractivity contribution in [2.24, 2.45) is 23.7 Å². The van der Waals surface area contributed by atoms with Crippen molar-refractivity contribution in [3.05, 3.63) is 35.9 Å². The number of benzene rings is 1. The van der Waals surface area contributed by atoms with E-state index in [1.165, 1.54) is 7.11 Å². The topological polar surface area (TPSA) is 167 Å². The molecule has 0 aromatic heterocycles. The molecule has 0 radical (unpaired) electrons. The van der Waals surface area contributed by atoms with Crippen molar-refractivity contribution >= 4 is 29.6 Å². The number of amides is 4. The van der Waals surface area contributed by atoms with Gasteiger partial charge >= 0.3 is 5.97 Å². The summed E-state index contributed by atoms with van der Waals surface area (Å²) >= 11 is 0. The lowest BCUT2D eigenvalue weighted by Gasteiger charge is -2.43. The van der Waals surface area contributed by atoms with E-state index in [0.717, 1.165) is 24.8 Å². The number of carboxylic acid groups (broad SMARTS) is 1. The summed E-state index contributed by atoms with van der Waals surface area (Å²) in [7, 11) is 6.49. The fraction of sp³-hybridized carbons (Fsp3) is 0.732. The summed E-state index contributed by atoms with van der Waals surface area (Å²) < 4.78 is 11.9. The molecule has 4 N–H and O–H groups in total. The molecule has 4 amide bonds. The van der Waals surface area contributed by atoms with Gasteiger partial charge in [-0.05, 0) is 62.5 Å². The highest BCUT2D eigenvalue weighted by molar-refractivity contribution is 5.90. The van der Waals surface area contributed by atoms with Crippen molar-refractivity contribution in [1.29, 1.82) is 0 Å². The molecule has 1 aromatic rings. The molecule has 1 saturated heterocycles. The highest BCUT2D eigenvalue weighted by Gasteiger charge is 2.42. The Bertz CT molecular complexity index is 1340. The van der Waals surface area contributed by atoms with E-state index < -0.39 is 60.2 Å². The minimum atomic E-state index is -1.11. The molecular weight excluding hydrogens is 690 g/mol. The average molecular weight is 760 g/mol. The minimum absolute atomic E-state index is 0.00883. The van der Waals surface area contributed by atoms with Crippen LogP contribution in [0.3, 0.4) is 0 Å². The molecule has 1 aromatic carbocycles. The van der Waals surface area contributed by atoms with Gasteiger partial charge in [0.15, 0.2) is 0 Å². The second-order valence-corrected chi connectivity index (χ2v) is 15.6. The van der Waals surface area contributed by atoms with Crippen LogP contribution in [0.4, 0.5) is 0 Å². The molecule has 1 aliphatic heterocycles. The number of carbonyl (C=O) groups is 5. The number of hydrogen-bond donors (Lipinski definition) is 4. The lowest BCUT2D eigenvalue weighted by molar-refractivity contribution is -0.151. The Labute approximate surface area is 323 Å². The molecule has 0 bridgehead atoms. The number of carboxylic acids is 1. The van der Waals surface area contributed by atoms with Crippen molar-refractivity contribution in [3.8, 4) is 0 Å². The SMILES string of the molecule is CC[C@H](C)[C@@H]([C@@H](CC(=O)N1CCCC[C@H]1[C@H](OC)[C@@H](C)C(=O)N[C@@H](CCc1ccccc1)C(=O)O)OC)N(C)C(=O)[C@@H](NC(=O)[C@@H](NC)C(C)C)C(C)C. The monoisotopic (exact) mass is 760 g/mol. The van der Waals surface area contributed by atoms with Crippen LogP contribution in [0.1, 0.15) is 92.6 Å². The second-order valence-electron chi connectivity index (χ2n) is 15.6. The molecule has 1 aliphatic rings. The zero-order chi connectivity index (χ0) is 40.7. The van der Waals surface area contributed by atoms with Crippen molar-refractivity contribution < 1.29 is 38.6 Å². The number of hydrogen-bond acceptors (Lipinski definition) is 8. The summed E-state index contributed by atoms with van der Waals surface area (Å²) in [5, 5.41) is 18.7. The van der Waals surface area contributed by atoms with Gasteiger partial charge in [-0.3, -0.25) is 19.2 Å². The van der Waals surface area contributed by atoms with Gasteiger partial charge in [-0.25, -0.2) is 4.79 Å². The third-order valence-electron chi connectivity index (χ3n) is 11.2. The van der Waals surface area contributed by atoms with E-state index in [-0.39, 0.29) is 48.3 Å². The lowest BCUT2D eigenvalue weighted by Crippen LogP contribution is -2.60. The quantitative estimate of drug-likeness (QED) is 0.137. The van der Waals surface area contributed by atoms with Crippen LogP contribution in [-0.4, -0.2) is 122 Å². The van der Waals surface area contributed by atoms with Crippen molar-refractivity contribution in [3.63, 3.8) is 0 Å². The van der Waals surface area contributed by atoms with Gasteiger partial charge in [-0.2, -0.15) is 0 Å². The molecule has 13 nitrogen and oxygen atoms in total. The molecule has 0 aliphatic carbocycles. The standard InChI is InChI=1S/C41H69N5O8/c1-12-27(6)36(45(9)40(50)35(26(4)5)44-39(49)34(42-8)25(2)3)32(53-10)24-33(47)46-23-17-16-20-31(46)37(54-11)28(7)38(48)43-30(41(51)52)22-21-29-18-14-13-15-19-29/h13-15,18-19,25-28,30-32,34-37,42H,12,16-17,20-24H2,1-11H3,(H,43,48)(H,44,49)(H,51,52)/t27-,28+,30-,31-,32+,34-,35-,36-,37+/m0/s1. The summed E-state index contributed by atoms with van der Waals surface area (Å²) in [4.78, 5) is 70.8.